The number of hydrogen-bond donors (Lipinski definition) is 2. The monoisotopic (exact) mass is 330 g/mol. The maximum Gasteiger partial charge on any atom is 0.161 e. The minimum atomic E-state index is -1.18. The van der Waals surface area contributed by atoms with Crippen LogP contribution in [0.1, 0.15) is 65.7 Å². The van der Waals surface area contributed by atoms with E-state index in [0.29, 0.717) is 6.42 Å². The predicted molar refractivity (Wildman–Crippen MR) is 95.5 cm³/mol. The summed E-state index contributed by atoms with van der Waals surface area (Å²) in [5, 5.41) is 20.9. The van der Waals surface area contributed by atoms with E-state index in [-0.39, 0.29) is 23.2 Å². The van der Waals surface area contributed by atoms with Gasteiger partial charge in [-0.25, -0.2) is 0 Å². The highest BCUT2D eigenvalue weighted by atomic mass is 16.3. The number of aliphatic hydroxyl groups excluding tert-OH is 1. The largest absolute Gasteiger partial charge is 0.393 e. The van der Waals surface area contributed by atoms with Gasteiger partial charge in [0.05, 0.1) is 6.10 Å². The molecule has 0 unspecified atom stereocenters. The molecule has 3 nitrogen and oxygen atoms in total. The predicted octanol–water partition coefficient (Wildman–Crippen LogP) is 3.86. The highest BCUT2D eigenvalue weighted by molar-refractivity contribution is 5.86. The standard InChI is InChI=1S/C21H30O3/c1-14-6-9-18(23)13-17(14)8-7-16-5-4-11-20(3)19(16)10-12-21(20,24)15(2)22/h5,7-8,18-19,23-24H,4,6,9-13H2,1-3H3/b8-7+/t18-,19-,20-,21-/m0/s1. The van der Waals surface area contributed by atoms with Gasteiger partial charge in [0.25, 0.3) is 0 Å². The van der Waals surface area contributed by atoms with E-state index >= 15 is 0 Å². The smallest absolute Gasteiger partial charge is 0.161 e. The fourth-order valence-corrected chi connectivity index (χ4v) is 5.09. The van der Waals surface area contributed by atoms with Gasteiger partial charge in [-0.1, -0.05) is 30.7 Å². The molecule has 0 aliphatic heterocycles. The molecule has 0 saturated heterocycles. The average Bonchev–Trinajstić information content (AvgIpc) is 2.82. The molecule has 0 aromatic rings. The van der Waals surface area contributed by atoms with Crippen LogP contribution in [0.15, 0.2) is 34.9 Å². The zero-order valence-electron chi connectivity index (χ0n) is 15.1. The number of ketones is 1. The highest BCUT2D eigenvalue weighted by Crippen LogP contribution is 2.58. The lowest BCUT2D eigenvalue weighted by atomic mass is 9.62. The number of rotatable bonds is 3. The van der Waals surface area contributed by atoms with Crippen molar-refractivity contribution >= 4 is 5.78 Å². The van der Waals surface area contributed by atoms with Crippen LogP contribution in [0.3, 0.4) is 0 Å². The van der Waals surface area contributed by atoms with E-state index < -0.39 is 5.60 Å². The lowest BCUT2D eigenvalue weighted by molar-refractivity contribution is -0.148. The Morgan fingerprint density at radius 1 is 1.29 bits per heavy atom. The van der Waals surface area contributed by atoms with Crippen molar-refractivity contribution in [3.63, 3.8) is 0 Å². The van der Waals surface area contributed by atoms with Crippen LogP contribution < -0.4 is 0 Å². The molecular weight excluding hydrogens is 300 g/mol. The van der Waals surface area contributed by atoms with Gasteiger partial charge in [-0.3, -0.25) is 4.79 Å². The Morgan fingerprint density at radius 2 is 2.04 bits per heavy atom. The molecule has 132 valence electrons. The number of Topliss-reactive ketones (excluding diaryl/α,β-unsaturated/α-hetero) is 1. The third kappa shape index (κ3) is 2.72. The Kier molecular flexibility index (Phi) is 4.61. The molecular formula is C21H30O3. The summed E-state index contributed by atoms with van der Waals surface area (Å²) in [6.07, 6.45) is 12.1. The van der Waals surface area contributed by atoms with Gasteiger partial charge >= 0.3 is 0 Å². The first-order chi connectivity index (χ1) is 11.3. The molecule has 24 heavy (non-hydrogen) atoms. The van der Waals surface area contributed by atoms with Crippen molar-refractivity contribution in [3.8, 4) is 0 Å². The molecule has 4 atom stereocenters. The molecule has 0 radical (unpaired) electrons. The second-order valence-electron chi connectivity index (χ2n) is 8.20. The van der Waals surface area contributed by atoms with Crippen molar-refractivity contribution in [1.82, 2.24) is 0 Å². The van der Waals surface area contributed by atoms with Crippen molar-refractivity contribution < 1.29 is 15.0 Å². The first-order valence-electron chi connectivity index (χ1n) is 9.26. The van der Waals surface area contributed by atoms with E-state index in [4.69, 9.17) is 0 Å². The topological polar surface area (TPSA) is 57.5 Å². The summed E-state index contributed by atoms with van der Waals surface area (Å²) in [6, 6.07) is 0. The van der Waals surface area contributed by atoms with Gasteiger partial charge in [-0.05, 0) is 75.9 Å². The molecule has 0 aromatic carbocycles. The van der Waals surface area contributed by atoms with E-state index in [1.54, 1.807) is 0 Å². The summed E-state index contributed by atoms with van der Waals surface area (Å²) >= 11 is 0. The van der Waals surface area contributed by atoms with Crippen LogP contribution in [0.25, 0.3) is 0 Å². The number of carbonyl (C=O) groups excluding carboxylic acids is 1. The minimum Gasteiger partial charge on any atom is -0.393 e. The van der Waals surface area contributed by atoms with Gasteiger partial charge in [0.1, 0.15) is 5.60 Å². The Hall–Kier alpha value is -1.19. The van der Waals surface area contributed by atoms with Gasteiger partial charge in [-0.15, -0.1) is 0 Å². The number of hydrogen-bond acceptors (Lipinski definition) is 3. The van der Waals surface area contributed by atoms with Crippen molar-refractivity contribution in [1.29, 1.82) is 0 Å². The lowest BCUT2D eigenvalue weighted by Crippen LogP contribution is -2.51. The van der Waals surface area contributed by atoms with Crippen LogP contribution in [0, 0.1) is 11.3 Å². The lowest BCUT2D eigenvalue weighted by Gasteiger charge is -2.44. The third-order valence-corrected chi connectivity index (χ3v) is 6.87. The molecule has 3 aliphatic rings. The number of aliphatic hydroxyl groups is 2. The SMILES string of the molecule is CC(=O)[C@@]1(O)CC[C@H]2C(/C=C/C3=C(C)CC[C@H](O)C3)=CCC[C@@]21C. The van der Waals surface area contributed by atoms with Gasteiger partial charge in [-0.2, -0.15) is 0 Å². The maximum atomic E-state index is 12.1. The van der Waals surface area contributed by atoms with Crippen LogP contribution in [-0.2, 0) is 4.79 Å². The molecule has 1 saturated carbocycles. The quantitative estimate of drug-likeness (QED) is 0.826. The van der Waals surface area contributed by atoms with E-state index in [2.05, 4.69) is 32.1 Å². The van der Waals surface area contributed by atoms with Gasteiger partial charge in [0.2, 0.25) is 0 Å². The Morgan fingerprint density at radius 3 is 2.75 bits per heavy atom. The number of allylic oxidation sites excluding steroid dienone is 5. The third-order valence-electron chi connectivity index (χ3n) is 6.87. The van der Waals surface area contributed by atoms with Gasteiger partial charge in [0.15, 0.2) is 5.78 Å². The summed E-state index contributed by atoms with van der Waals surface area (Å²) in [4.78, 5) is 12.1. The van der Waals surface area contributed by atoms with Crippen LogP contribution in [-0.4, -0.2) is 27.7 Å². The maximum absolute atomic E-state index is 12.1. The molecule has 0 amide bonds. The highest BCUT2D eigenvalue weighted by Gasteiger charge is 2.59. The zero-order valence-corrected chi connectivity index (χ0v) is 15.1. The number of carbonyl (C=O) groups is 1. The fraction of sp³-hybridized carbons (Fsp3) is 0.667. The Bertz CT molecular complexity index is 627. The van der Waals surface area contributed by atoms with E-state index in [9.17, 15) is 15.0 Å². The first-order valence-corrected chi connectivity index (χ1v) is 9.26. The second kappa shape index (κ2) is 6.27. The molecule has 3 heteroatoms. The minimum absolute atomic E-state index is 0.0910. The second-order valence-corrected chi connectivity index (χ2v) is 8.20. The van der Waals surface area contributed by atoms with Crippen molar-refractivity contribution in [3.05, 3.63) is 34.9 Å². The average molecular weight is 330 g/mol. The number of fused-ring (bicyclic) bond motifs is 1. The van der Waals surface area contributed by atoms with Crippen LogP contribution >= 0.6 is 0 Å². The Labute approximate surface area is 145 Å². The fourth-order valence-electron chi connectivity index (χ4n) is 5.09. The molecule has 0 aromatic heterocycles. The van der Waals surface area contributed by atoms with Gasteiger partial charge in [0, 0.05) is 5.41 Å². The van der Waals surface area contributed by atoms with Crippen molar-refractivity contribution in [2.75, 3.05) is 0 Å². The van der Waals surface area contributed by atoms with Crippen molar-refractivity contribution in [2.45, 2.75) is 77.4 Å². The summed E-state index contributed by atoms with van der Waals surface area (Å²) in [5.74, 6) is 0.150. The summed E-state index contributed by atoms with van der Waals surface area (Å²) in [5.41, 5.74) is 2.31. The Balaban J connectivity index is 1.85. The zero-order chi connectivity index (χ0) is 17.5. The molecule has 1 fully saturated rings. The molecule has 3 rings (SSSR count). The van der Waals surface area contributed by atoms with Gasteiger partial charge < -0.3 is 10.2 Å². The normalized spacial score (nSPS) is 40.0. The summed E-state index contributed by atoms with van der Waals surface area (Å²) in [7, 11) is 0. The van der Waals surface area contributed by atoms with E-state index in [1.807, 2.05) is 0 Å². The first kappa shape index (κ1) is 17.6. The molecule has 0 heterocycles. The van der Waals surface area contributed by atoms with E-state index in [0.717, 1.165) is 38.5 Å². The van der Waals surface area contributed by atoms with Crippen LogP contribution in [0.2, 0.25) is 0 Å². The molecule has 0 bridgehead atoms. The molecule has 2 N–H and O–H groups in total. The summed E-state index contributed by atoms with van der Waals surface area (Å²) < 4.78 is 0. The van der Waals surface area contributed by atoms with Crippen LogP contribution in [0.5, 0.6) is 0 Å². The van der Waals surface area contributed by atoms with Crippen molar-refractivity contribution in [2.24, 2.45) is 11.3 Å². The van der Waals surface area contributed by atoms with E-state index in [1.165, 1.54) is 23.6 Å². The molecule has 3 aliphatic carbocycles. The van der Waals surface area contributed by atoms with Crippen LogP contribution in [0.4, 0.5) is 0 Å². The summed E-state index contributed by atoms with van der Waals surface area (Å²) in [6.45, 7) is 5.76. The molecule has 0 spiro atoms.